The Morgan fingerprint density at radius 2 is 2.00 bits per heavy atom. The lowest BCUT2D eigenvalue weighted by molar-refractivity contribution is -0.209. The molecule has 1 N–H and O–H groups in total. The Bertz CT molecular complexity index is 471. The van der Waals surface area contributed by atoms with Crippen LogP contribution in [0.2, 0.25) is 0 Å². The summed E-state index contributed by atoms with van der Waals surface area (Å²) in [5.74, 6) is -0.452. The minimum absolute atomic E-state index is 0.119. The average Bonchev–Trinajstić information content (AvgIpc) is 3.03. The summed E-state index contributed by atoms with van der Waals surface area (Å²) in [6.07, 6.45) is 2.51. The van der Waals surface area contributed by atoms with Gasteiger partial charge in [-0.2, -0.15) is 0 Å². The van der Waals surface area contributed by atoms with Gasteiger partial charge in [-0.15, -0.1) is 0 Å². The molecular formula is C18H31NO7. The van der Waals surface area contributed by atoms with E-state index in [0.717, 1.165) is 25.7 Å². The summed E-state index contributed by atoms with van der Waals surface area (Å²) in [4.78, 5) is 24.7. The van der Waals surface area contributed by atoms with Gasteiger partial charge in [0.05, 0.1) is 12.6 Å². The van der Waals surface area contributed by atoms with Gasteiger partial charge in [0.2, 0.25) is 0 Å². The molecule has 0 saturated carbocycles. The SMILES string of the molecule is CC(C)(C)OC(=O)COC[C@H](OC1CCCCO1)[C@@H]1CCCN1C(=O)O. The molecule has 0 spiro atoms. The molecule has 1 unspecified atom stereocenters. The summed E-state index contributed by atoms with van der Waals surface area (Å²) in [7, 11) is 0. The Kier molecular flexibility index (Phi) is 7.67. The van der Waals surface area contributed by atoms with E-state index < -0.39 is 23.8 Å². The van der Waals surface area contributed by atoms with Crippen molar-refractivity contribution in [1.29, 1.82) is 0 Å². The second-order valence-corrected chi connectivity index (χ2v) is 7.76. The van der Waals surface area contributed by atoms with Crippen LogP contribution in [0, 0.1) is 0 Å². The maximum atomic E-state index is 11.8. The van der Waals surface area contributed by atoms with Crippen LogP contribution in [0.5, 0.6) is 0 Å². The summed E-state index contributed by atoms with van der Waals surface area (Å²) in [5.41, 5.74) is -0.572. The van der Waals surface area contributed by atoms with Crippen LogP contribution in [0.25, 0.3) is 0 Å². The Hall–Kier alpha value is -1.38. The van der Waals surface area contributed by atoms with Gasteiger partial charge in [-0.25, -0.2) is 9.59 Å². The monoisotopic (exact) mass is 373 g/mol. The molecule has 26 heavy (non-hydrogen) atoms. The highest BCUT2D eigenvalue weighted by Crippen LogP contribution is 2.25. The van der Waals surface area contributed by atoms with Crippen molar-refractivity contribution in [3.05, 3.63) is 0 Å². The molecule has 0 aromatic rings. The molecule has 0 aromatic heterocycles. The van der Waals surface area contributed by atoms with Gasteiger partial charge < -0.3 is 29.0 Å². The van der Waals surface area contributed by atoms with Crippen LogP contribution in [0.15, 0.2) is 0 Å². The van der Waals surface area contributed by atoms with E-state index in [4.69, 9.17) is 18.9 Å². The number of amides is 1. The molecule has 2 fully saturated rings. The summed E-state index contributed by atoms with van der Waals surface area (Å²) in [6.45, 7) is 6.43. The molecule has 2 rings (SSSR count). The van der Waals surface area contributed by atoms with Gasteiger partial charge >= 0.3 is 12.1 Å². The fourth-order valence-electron chi connectivity index (χ4n) is 3.30. The first-order chi connectivity index (χ1) is 12.3. The van der Waals surface area contributed by atoms with E-state index in [1.165, 1.54) is 4.90 Å². The molecule has 8 nitrogen and oxygen atoms in total. The number of hydrogen-bond donors (Lipinski definition) is 1. The lowest BCUT2D eigenvalue weighted by Crippen LogP contribution is -2.47. The molecule has 0 aromatic carbocycles. The van der Waals surface area contributed by atoms with Crippen LogP contribution < -0.4 is 0 Å². The van der Waals surface area contributed by atoms with Gasteiger partial charge in [-0.1, -0.05) is 0 Å². The molecule has 8 heteroatoms. The third kappa shape index (κ3) is 6.74. The Morgan fingerprint density at radius 3 is 2.62 bits per heavy atom. The van der Waals surface area contributed by atoms with Crippen molar-refractivity contribution in [2.45, 2.75) is 76.9 Å². The molecule has 2 saturated heterocycles. The summed E-state index contributed by atoms with van der Waals surface area (Å²) in [5, 5.41) is 9.40. The number of carbonyl (C=O) groups is 2. The van der Waals surface area contributed by atoms with Crippen molar-refractivity contribution in [2.75, 3.05) is 26.4 Å². The van der Waals surface area contributed by atoms with Crippen LogP contribution >= 0.6 is 0 Å². The van der Waals surface area contributed by atoms with Crippen LogP contribution in [-0.2, 0) is 23.7 Å². The molecular weight excluding hydrogens is 342 g/mol. The Morgan fingerprint density at radius 1 is 1.23 bits per heavy atom. The standard InChI is InChI=1S/C18H31NO7/c1-18(2,3)26-15(20)12-23-11-14(25-16-8-4-5-10-24-16)13-7-6-9-19(13)17(21)22/h13-14,16H,4-12H2,1-3H3,(H,21,22)/t13-,14-,16?/m0/s1. The number of carboxylic acid groups (broad SMARTS) is 1. The zero-order valence-corrected chi connectivity index (χ0v) is 15.9. The van der Waals surface area contributed by atoms with Crippen molar-refractivity contribution >= 4 is 12.1 Å². The Labute approximate surface area is 154 Å². The van der Waals surface area contributed by atoms with E-state index in [1.54, 1.807) is 20.8 Å². The fraction of sp³-hybridized carbons (Fsp3) is 0.889. The predicted molar refractivity (Wildman–Crippen MR) is 92.9 cm³/mol. The van der Waals surface area contributed by atoms with Crippen molar-refractivity contribution in [2.24, 2.45) is 0 Å². The second kappa shape index (κ2) is 9.53. The van der Waals surface area contributed by atoms with Gasteiger partial charge in [0.1, 0.15) is 18.3 Å². The van der Waals surface area contributed by atoms with Crippen LogP contribution in [-0.4, -0.2) is 72.5 Å². The first kappa shape index (κ1) is 20.9. The summed E-state index contributed by atoms with van der Waals surface area (Å²) < 4.78 is 22.4. The normalized spacial score (nSPS) is 25.1. The zero-order valence-electron chi connectivity index (χ0n) is 15.9. The topological polar surface area (TPSA) is 94.5 Å². The van der Waals surface area contributed by atoms with Crippen molar-refractivity contribution in [3.63, 3.8) is 0 Å². The smallest absolute Gasteiger partial charge is 0.407 e. The van der Waals surface area contributed by atoms with Crippen molar-refractivity contribution < 1.29 is 33.6 Å². The molecule has 2 aliphatic heterocycles. The van der Waals surface area contributed by atoms with Gasteiger partial charge in [-0.3, -0.25) is 0 Å². The van der Waals surface area contributed by atoms with Gasteiger partial charge in [0.15, 0.2) is 6.29 Å². The van der Waals surface area contributed by atoms with E-state index in [1.807, 2.05) is 0 Å². The molecule has 2 heterocycles. The minimum Gasteiger partial charge on any atom is -0.465 e. The average molecular weight is 373 g/mol. The van der Waals surface area contributed by atoms with E-state index in [-0.39, 0.29) is 25.5 Å². The van der Waals surface area contributed by atoms with E-state index >= 15 is 0 Å². The van der Waals surface area contributed by atoms with Crippen LogP contribution in [0.1, 0.15) is 52.9 Å². The highest BCUT2D eigenvalue weighted by molar-refractivity contribution is 5.71. The van der Waals surface area contributed by atoms with Gasteiger partial charge in [0, 0.05) is 13.2 Å². The van der Waals surface area contributed by atoms with Gasteiger partial charge in [-0.05, 0) is 52.9 Å². The maximum absolute atomic E-state index is 11.8. The van der Waals surface area contributed by atoms with Crippen molar-refractivity contribution in [1.82, 2.24) is 4.90 Å². The van der Waals surface area contributed by atoms with Crippen LogP contribution in [0.4, 0.5) is 4.79 Å². The number of ether oxygens (including phenoxy) is 4. The van der Waals surface area contributed by atoms with Crippen molar-refractivity contribution in [3.8, 4) is 0 Å². The third-order valence-corrected chi connectivity index (χ3v) is 4.36. The minimum atomic E-state index is -0.960. The molecule has 1 amide bonds. The van der Waals surface area contributed by atoms with E-state index in [9.17, 15) is 14.7 Å². The number of esters is 1. The molecule has 0 bridgehead atoms. The predicted octanol–water partition coefficient (Wildman–Crippen LogP) is 2.40. The van der Waals surface area contributed by atoms with Crippen LogP contribution in [0.3, 0.4) is 0 Å². The Balaban J connectivity index is 1.91. The number of likely N-dealkylation sites (tertiary alicyclic amines) is 1. The number of nitrogens with zero attached hydrogens (tertiary/aromatic N) is 1. The number of rotatable bonds is 7. The van der Waals surface area contributed by atoms with Gasteiger partial charge in [0.25, 0.3) is 0 Å². The number of hydrogen-bond acceptors (Lipinski definition) is 6. The lowest BCUT2D eigenvalue weighted by atomic mass is 10.1. The molecule has 150 valence electrons. The highest BCUT2D eigenvalue weighted by atomic mass is 16.7. The maximum Gasteiger partial charge on any atom is 0.407 e. The largest absolute Gasteiger partial charge is 0.465 e. The quantitative estimate of drug-likeness (QED) is 0.685. The first-order valence-electron chi connectivity index (χ1n) is 9.32. The lowest BCUT2D eigenvalue weighted by Gasteiger charge is -2.33. The first-order valence-corrected chi connectivity index (χ1v) is 9.32. The third-order valence-electron chi connectivity index (χ3n) is 4.36. The zero-order chi connectivity index (χ0) is 19.2. The molecule has 0 aliphatic carbocycles. The summed E-state index contributed by atoms with van der Waals surface area (Å²) >= 11 is 0. The molecule has 0 radical (unpaired) electrons. The fourth-order valence-corrected chi connectivity index (χ4v) is 3.30. The summed E-state index contributed by atoms with van der Waals surface area (Å²) in [6, 6.07) is -0.295. The van der Waals surface area contributed by atoms with E-state index in [0.29, 0.717) is 19.6 Å². The molecule has 3 atom stereocenters. The molecule has 2 aliphatic rings. The second-order valence-electron chi connectivity index (χ2n) is 7.76. The number of carbonyl (C=O) groups excluding carboxylic acids is 1. The highest BCUT2D eigenvalue weighted by Gasteiger charge is 2.37. The van der Waals surface area contributed by atoms with E-state index in [2.05, 4.69) is 0 Å².